The number of nitrogens with two attached hydrogens (primary N) is 1. The maximum Gasteiger partial charge on any atom is 0.344 e. The van der Waals surface area contributed by atoms with E-state index in [-0.39, 0.29) is 6.61 Å². The molecule has 0 aliphatic rings. The molecule has 0 heterocycles. The second-order valence-corrected chi connectivity index (χ2v) is 3.00. The van der Waals surface area contributed by atoms with E-state index in [1.54, 1.807) is 13.0 Å². The molecular formula is C11H13NO4. The third kappa shape index (κ3) is 3.27. The first-order valence-corrected chi connectivity index (χ1v) is 4.80. The summed E-state index contributed by atoms with van der Waals surface area (Å²) in [7, 11) is 0. The molecule has 1 rings (SSSR count). The molecule has 0 aliphatic carbocycles. The van der Waals surface area contributed by atoms with Gasteiger partial charge in [-0.05, 0) is 19.1 Å². The SMILES string of the molecule is CCOC(=O)COc1ccc(C=O)c(N)c1. The van der Waals surface area contributed by atoms with Crippen LogP contribution in [0.25, 0.3) is 0 Å². The normalized spacial score (nSPS) is 9.56. The summed E-state index contributed by atoms with van der Waals surface area (Å²) in [6.45, 7) is 1.86. The largest absolute Gasteiger partial charge is 0.482 e. The molecule has 0 radical (unpaired) electrons. The number of ether oxygens (including phenoxy) is 2. The van der Waals surface area contributed by atoms with Crippen LogP contribution >= 0.6 is 0 Å². The van der Waals surface area contributed by atoms with Crippen LogP contribution < -0.4 is 10.5 Å². The Kier molecular flexibility index (Phi) is 4.32. The Balaban J connectivity index is 2.58. The number of rotatable bonds is 5. The Hall–Kier alpha value is -2.04. The summed E-state index contributed by atoms with van der Waals surface area (Å²) in [4.78, 5) is 21.5. The monoisotopic (exact) mass is 223 g/mol. The maximum absolute atomic E-state index is 11.0. The van der Waals surface area contributed by atoms with Crippen LogP contribution in [0.1, 0.15) is 17.3 Å². The molecule has 0 saturated heterocycles. The Morgan fingerprint density at radius 3 is 2.81 bits per heavy atom. The van der Waals surface area contributed by atoms with Crippen molar-refractivity contribution in [2.75, 3.05) is 18.9 Å². The number of benzene rings is 1. The molecule has 0 fully saturated rings. The molecule has 2 N–H and O–H groups in total. The van der Waals surface area contributed by atoms with Gasteiger partial charge in [0.2, 0.25) is 0 Å². The lowest BCUT2D eigenvalue weighted by atomic mass is 10.2. The van der Waals surface area contributed by atoms with Crippen LogP contribution in [0.5, 0.6) is 5.75 Å². The molecule has 0 aliphatic heterocycles. The molecule has 86 valence electrons. The van der Waals surface area contributed by atoms with Gasteiger partial charge < -0.3 is 15.2 Å². The maximum atomic E-state index is 11.0. The minimum atomic E-state index is -0.444. The molecule has 5 nitrogen and oxygen atoms in total. The Labute approximate surface area is 93.1 Å². The topological polar surface area (TPSA) is 78.6 Å². The Bertz CT molecular complexity index is 390. The average Bonchev–Trinajstić information content (AvgIpc) is 2.27. The zero-order chi connectivity index (χ0) is 12.0. The van der Waals surface area contributed by atoms with Gasteiger partial charge in [-0.3, -0.25) is 4.79 Å². The van der Waals surface area contributed by atoms with Gasteiger partial charge in [-0.1, -0.05) is 0 Å². The Morgan fingerprint density at radius 1 is 1.50 bits per heavy atom. The van der Waals surface area contributed by atoms with Crippen LogP contribution in [0.3, 0.4) is 0 Å². The second-order valence-electron chi connectivity index (χ2n) is 3.00. The first-order chi connectivity index (χ1) is 7.67. The van der Waals surface area contributed by atoms with Crippen molar-refractivity contribution >= 4 is 17.9 Å². The van der Waals surface area contributed by atoms with Gasteiger partial charge in [0, 0.05) is 17.3 Å². The van der Waals surface area contributed by atoms with Crippen molar-refractivity contribution in [1.29, 1.82) is 0 Å². The number of carbonyl (C=O) groups excluding carboxylic acids is 2. The van der Waals surface area contributed by atoms with Gasteiger partial charge >= 0.3 is 5.97 Å². The van der Waals surface area contributed by atoms with Crippen molar-refractivity contribution < 1.29 is 19.1 Å². The number of anilines is 1. The van der Waals surface area contributed by atoms with E-state index in [1.807, 2.05) is 0 Å². The van der Waals surface area contributed by atoms with E-state index in [4.69, 9.17) is 10.5 Å². The van der Waals surface area contributed by atoms with Crippen LogP contribution in [0, 0.1) is 0 Å². The highest BCUT2D eigenvalue weighted by molar-refractivity contribution is 5.83. The Morgan fingerprint density at radius 2 is 2.25 bits per heavy atom. The summed E-state index contributed by atoms with van der Waals surface area (Å²) in [6.07, 6.45) is 0.657. The van der Waals surface area contributed by atoms with Crippen molar-refractivity contribution in [3.8, 4) is 5.75 Å². The van der Waals surface area contributed by atoms with Crippen molar-refractivity contribution in [2.24, 2.45) is 0 Å². The van der Waals surface area contributed by atoms with E-state index in [0.29, 0.717) is 29.9 Å². The van der Waals surface area contributed by atoms with Gasteiger partial charge in [-0.2, -0.15) is 0 Å². The van der Waals surface area contributed by atoms with Gasteiger partial charge in [0.15, 0.2) is 12.9 Å². The van der Waals surface area contributed by atoms with E-state index in [1.165, 1.54) is 12.1 Å². The molecule has 5 heteroatoms. The zero-order valence-corrected chi connectivity index (χ0v) is 8.93. The van der Waals surface area contributed by atoms with Crippen LogP contribution in [0.2, 0.25) is 0 Å². The number of aldehydes is 1. The molecule has 0 saturated carbocycles. The lowest BCUT2D eigenvalue weighted by Gasteiger charge is -2.07. The summed E-state index contributed by atoms with van der Waals surface area (Å²) < 4.78 is 9.82. The molecule has 16 heavy (non-hydrogen) atoms. The predicted molar refractivity (Wildman–Crippen MR) is 58.4 cm³/mol. The average molecular weight is 223 g/mol. The molecule has 1 aromatic rings. The highest BCUT2D eigenvalue weighted by atomic mass is 16.6. The summed E-state index contributed by atoms with van der Waals surface area (Å²) in [5.74, 6) is -0.0170. The zero-order valence-electron chi connectivity index (χ0n) is 8.93. The molecule has 0 aromatic heterocycles. The lowest BCUT2D eigenvalue weighted by molar-refractivity contribution is -0.145. The summed E-state index contributed by atoms with van der Waals surface area (Å²) in [5.41, 5.74) is 6.28. The van der Waals surface area contributed by atoms with Crippen molar-refractivity contribution in [3.63, 3.8) is 0 Å². The fourth-order valence-electron chi connectivity index (χ4n) is 1.09. The van der Waals surface area contributed by atoms with Gasteiger partial charge in [0.1, 0.15) is 5.75 Å². The molecule has 0 spiro atoms. The summed E-state index contributed by atoms with van der Waals surface area (Å²) in [5, 5.41) is 0. The fraction of sp³-hybridized carbons (Fsp3) is 0.273. The lowest BCUT2D eigenvalue weighted by Crippen LogP contribution is -2.14. The minimum Gasteiger partial charge on any atom is -0.482 e. The summed E-state index contributed by atoms with van der Waals surface area (Å²) >= 11 is 0. The first kappa shape index (κ1) is 12.0. The second kappa shape index (κ2) is 5.75. The molecular weight excluding hydrogens is 210 g/mol. The van der Waals surface area contributed by atoms with Crippen LogP contribution in [-0.4, -0.2) is 25.5 Å². The number of nitrogen functional groups attached to an aromatic ring is 1. The predicted octanol–water partition coefficient (Wildman–Crippen LogP) is 1.02. The fourth-order valence-corrected chi connectivity index (χ4v) is 1.09. The van der Waals surface area contributed by atoms with Gasteiger partial charge in [0.25, 0.3) is 0 Å². The van der Waals surface area contributed by atoms with E-state index in [9.17, 15) is 9.59 Å². The first-order valence-electron chi connectivity index (χ1n) is 4.80. The molecule has 0 amide bonds. The smallest absolute Gasteiger partial charge is 0.344 e. The number of hydrogen-bond donors (Lipinski definition) is 1. The van der Waals surface area contributed by atoms with Crippen molar-refractivity contribution in [3.05, 3.63) is 23.8 Å². The number of hydrogen-bond acceptors (Lipinski definition) is 5. The van der Waals surface area contributed by atoms with Crippen LogP contribution in [0.15, 0.2) is 18.2 Å². The van der Waals surface area contributed by atoms with E-state index in [0.717, 1.165) is 0 Å². The van der Waals surface area contributed by atoms with Crippen molar-refractivity contribution in [2.45, 2.75) is 6.92 Å². The molecule has 0 bridgehead atoms. The number of esters is 1. The molecule has 0 unspecified atom stereocenters. The van der Waals surface area contributed by atoms with Gasteiger partial charge in [-0.15, -0.1) is 0 Å². The standard InChI is InChI=1S/C11H13NO4/c1-2-15-11(14)7-16-9-4-3-8(6-13)10(12)5-9/h3-6H,2,7,12H2,1H3. The van der Waals surface area contributed by atoms with E-state index < -0.39 is 5.97 Å². The van der Waals surface area contributed by atoms with Gasteiger partial charge in [-0.25, -0.2) is 4.79 Å². The quantitative estimate of drug-likeness (QED) is 0.458. The van der Waals surface area contributed by atoms with E-state index in [2.05, 4.69) is 4.74 Å². The third-order valence-electron chi connectivity index (χ3n) is 1.85. The van der Waals surface area contributed by atoms with Gasteiger partial charge in [0.05, 0.1) is 6.61 Å². The third-order valence-corrected chi connectivity index (χ3v) is 1.85. The van der Waals surface area contributed by atoms with E-state index >= 15 is 0 Å². The molecule has 0 atom stereocenters. The number of carbonyl (C=O) groups is 2. The summed E-state index contributed by atoms with van der Waals surface area (Å²) in [6, 6.07) is 4.59. The highest BCUT2D eigenvalue weighted by Crippen LogP contribution is 2.18. The molecule has 1 aromatic carbocycles. The van der Waals surface area contributed by atoms with Crippen LogP contribution in [-0.2, 0) is 9.53 Å². The highest BCUT2D eigenvalue weighted by Gasteiger charge is 2.04. The minimum absolute atomic E-state index is 0.173. The van der Waals surface area contributed by atoms with Crippen LogP contribution in [0.4, 0.5) is 5.69 Å². The van der Waals surface area contributed by atoms with Crippen molar-refractivity contribution in [1.82, 2.24) is 0 Å².